The van der Waals surface area contributed by atoms with Gasteiger partial charge in [-0.15, -0.1) is 22.7 Å². The largest absolute Gasteiger partial charge is 0.368 e. The maximum absolute atomic E-state index is 11.0. The van der Waals surface area contributed by atoms with Gasteiger partial charge in [0.05, 0.1) is 32.7 Å². The van der Waals surface area contributed by atoms with Crippen molar-refractivity contribution in [3.05, 3.63) is 76.7 Å². The third kappa shape index (κ3) is 6.32. The standard InChI is InChI=1S/C24H24N6O4S4/c1-27(2)21-19(15-5-9-17(10-6-15)29(31)32)35-23(37-21)25-13-14-26-24-36-20(22(38-24)28(3)4)16-7-11-18(12-8-16)30(33)34/h5-12H,13-14H2,1-4H3. The Morgan fingerprint density at radius 1 is 0.632 bits per heavy atom. The van der Waals surface area contributed by atoms with Crippen LogP contribution < -0.4 is 17.8 Å². The summed E-state index contributed by atoms with van der Waals surface area (Å²) >= 11 is 6.29. The van der Waals surface area contributed by atoms with E-state index in [-0.39, 0.29) is 11.4 Å². The Kier molecular flexibility index (Phi) is 8.66. The molecule has 0 fully saturated rings. The average molecular weight is 589 g/mol. The van der Waals surface area contributed by atoms with Gasteiger partial charge in [0.15, 0.2) is 7.97 Å². The lowest BCUT2D eigenvalue weighted by molar-refractivity contribution is -0.385. The maximum Gasteiger partial charge on any atom is 0.269 e. The minimum Gasteiger partial charge on any atom is -0.368 e. The van der Waals surface area contributed by atoms with Crippen LogP contribution in [0.2, 0.25) is 0 Å². The highest BCUT2D eigenvalue weighted by molar-refractivity contribution is 7.33. The van der Waals surface area contributed by atoms with E-state index in [2.05, 4.69) is 0 Å². The zero-order valence-electron chi connectivity index (χ0n) is 21.0. The molecule has 0 spiro atoms. The molecular weight excluding hydrogens is 565 g/mol. The normalized spacial score (nSPS) is 12.1. The van der Waals surface area contributed by atoms with Crippen molar-refractivity contribution in [1.29, 1.82) is 0 Å². The van der Waals surface area contributed by atoms with Gasteiger partial charge >= 0.3 is 0 Å². The summed E-state index contributed by atoms with van der Waals surface area (Å²) in [5.74, 6) is 0. The highest BCUT2D eigenvalue weighted by Gasteiger charge is 2.15. The zero-order valence-corrected chi connectivity index (χ0v) is 24.2. The molecule has 198 valence electrons. The molecule has 0 N–H and O–H groups in total. The van der Waals surface area contributed by atoms with Gasteiger partial charge in [0.25, 0.3) is 11.4 Å². The molecule has 0 radical (unpaired) electrons. The first kappa shape index (κ1) is 27.6. The van der Waals surface area contributed by atoms with Crippen LogP contribution in [-0.2, 0) is 0 Å². The summed E-state index contributed by atoms with van der Waals surface area (Å²) in [5.41, 5.74) is 1.97. The molecule has 4 aromatic rings. The highest BCUT2D eigenvalue weighted by Crippen LogP contribution is 2.37. The van der Waals surface area contributed by atoms with Crippen LogP contribution in [0.4, 0.5) is 21.4 Å². The van der Waals surface area contributed by atoms with Crippen LogP contribution in [0.3, 0.4) is 0 Å². The Morgan fingerprint density at radius 3 is 1.26 bits per heavy atom. The number of hydrogen-bond acceptors (Lipinski definition) is 12. The van der Waals surface area contributed by atoms with Crippen molar-refractivity contribution in [1.82, 2.24) is 0 Å². The Morgan fingerprint density at radius 2 is 0.974 bits per heavy atom. The smallest absolute Gasteiger partial charge is 0.269 e. The Labute approximate surface area is 234 Å². The Hall–Kier alpha value is -3.46. The highest BCUT2D eigenvalue weighted by atomic mass is 32.2. The molecule has 0 bridgehead atoms. The maximum atomic E-state index is 11.0. The van der Waals surface area contributed by atoms with Crippen LogP contribution in [0.1, 0.15) is 0 Å². The van der Waals surface area contributed by atoms with Gasteiger partial charge in [-0.1, -0.05) is 22.7 Å². The fourth-order valence-electron chi connectivity index (χ4n) is 3.40. The van der Waals surface area contributed by atoms with Crippen molar-refractivity contribution < 1.29 is 9.85 Å². The number of rotatable bonds is 9. The molecule has 14 heteroatoms. The summed E-state index contributed by atoms with van der Waals surface area (Å²) in [6, 6.07) is 13.2. The summed E-state index contributed by atoms with van der Waals surface area (Å²) in [6.07, 6.45) is 0. The summed E-state index contributed by atoms with van der Waals surface area (Å²) in [4.78, 5) is 36.8. The van der Waals surface area contributed by atoms with E-state index in [1.54, 1.807) is 69.6 Å². The van der Waals surface area contributed by atoms with Gasteiger partial charge in [0, 0.05) is 52.5 Å². The average Bonchev–Trinajstić information content (AvgIpc) is 3.52. The molecule has 0 saturated carbocycles. The molecule has 0 amide bonds. The summed E-state index contributed by atoms with van der Waals surface area (Å²) in [5, 5.41) is 24.1. The molecule has 2 heterocycles. The van der Waals surface area contributed by atoms with Gasteiger partial charge in [-0.2, -0.15) is 0 Å². The van der Waals surface area contributed by atoms with Gasteiger partial charge in [0.1, 0.15) is 10.0 Å². The molecule has 4 rings (SSSR count). The number of hydrogen-bond donors (Lipinski definition) is 0. The zero-order chi connectivity index (χ0) is 27.4. The molecule has 10 nitrogen and oxygen atoms in total. The van der Waals surface area contributed by atoms with Crippen molar-refractivity contribution in [3.8, 4) is 20.9 Å². The van der Waals surface area contributed by atoms with Gasteiger partial charge in [-0.3, -0.25) is 30.2 Å². The van der Waals surface area contributed by atoms with E-state index >= 15 is 0 Å². The van der Waals surface area contributed by atoms with Crippen LogP contribution in [0, 0.1) is 20.2 Å². The number of anilines is 2. The van der Waals surface area contributed by atoms with E-state index in [0.29, 0.717) is 13.1 Å². The van der Waals surface area contributed by atoms with Crippen LogP contribution in [0.5, 0.6) is 0 Å². The number of nitro groups is 2. The molecule has 0 saturated heterocycles. The second-order valence-electron chi connectivity index (χ2n) is 8.37. The van der Waals surface area contributed by atoms with E-state index in [1.807, 2.05) is 38.0 Å². The lowest BCUT2D eigenvalue weighted by atomic mass is 10.2. The first-order valence-electron chi connectivity index (χ1n) is 11.3. The number of non-ortho nitro benzene ring substituents is 2. The van der Waals surface area contributed by atoms with Gasteiger partial charge in [0.2, 0.25) is 0 Å². The van der Waals surface area contributed by atoms with Crippen molar-refractivity contribution in [3.63, 3.8) is 0 Å². The van der Waals surface area contributed by atoms with E-state index in [0.717, 1.165) is 38.9 Å². The molecule has 0 aliphatic rings. The van der Waals surface area contributed by atoms with Gasteiger partial charge in [-0.25, -0.2) is 0 Å². The summed E-state index contributed by atoms with van der Waals surface area (Å²) in [7, 11) is 7.87. The molecule has 38 heavy (non-hydrogen) atoms. The predicted octanol–water partition coefficient (Wildman–Crippen LogP) is 5.72. The van der Waals surface area contributed by atoms with Crippen molar-refractivity contribution in [2.75, 3.05) is 51.1 Å². The first-order chi connectivity index (χ1) is 18.1. The summed E-state index contributed by atoms with van der Waals surface area (Å²) in [6.45, 7) is 1.05. The molecule has 0 aliphatic carbocycles. The van der Waals surface area contributed by atoms with E-state index < -0.39 is 9.85 Å². The first-order valence-corrected chi connectivity index (χ1v) is 14.5. The lowest BCUT2D eigenvalue weighted by Gasteiger charge is -2.11. The SMILES string of the molecule is CN(C)c1sc(=NCCN=c2sc(-c3ccc([N+](=O)[O-])cc3)c(N(C)C)s2)sc1-c1ccc([N+](=O)[O-])cc1. The molecule has 2 aromatic heterocycles. The topological polar surface area (TPSA) is 117 Å². The third-order valence-electron chi connectivity index (χ3n) is 5.21. The third-order valence-corrected chi connectivity index (χ3v) is 10.5. The van der Waals surface area contributed by atoms with Crippen LogP contribution in [0.25, 0.3) is 20.9 Å². The Balaban J connectivity index is 1.55. The number of benzene rings is 2. The monoisotopic (exact) mass is 588 g/mol. The van der Waals surface area contributed by atoms with E-state index in [9.17, 15) is 20.2 Å². The number of nitrogens with zero attached hydrogens (tertiary/aromatic N) is 6. The van der Waals surface area contributed by atoms with Crippen molar-refractivity contribution >= 4 is 66.7 Å². The van der Waals surface area contributed by atoms with Gasteiger partial charge in [-0.05, 0) is 35.4 Å². The quantitative estimate of drug-likeness (QED) is 0.140. The summed E-state index contributed by atoms with van der Waals surface area (Å²) < 4.78 is 1.82. The Bertz CT molecular complexity index is 1460. The van der Waals surface area contributed by atoms with E-state index in [4.69, 9.17) is 9.98 Å². The second-order valence-corrected chi connectivity index (χ2v) is 12.8. The number of nitro benzene ring substituents is 2. The minimum atomic E-state index is -0.400. The van der Waals surface area contributed by atoms with Crippen molar-refractivity contribution in [2.45, 2.75) is 0 Å². The molecule has 0 atom stereocenters. The molecular formula is C24H24N6O4S4. The predicted molar refractivity (Wildman–Crippen MR) is 158 cm³/mol. The van der Waals surface area contributed by atoms with Gasteiger partial charge < -0.3 is 9.80 Å². The van der Waals surface area contributed by atoms with Crippen LogP contribution >= 0.6 is 45.3 Å². The van der Waals surface area contributed by atoms with Crippen LogP contribution in [-0.4, -0.2) is 51.1 Å². The fraction of sp³-hybridized carbons (Fsp3) is 0.250. The van der Waals surface area contributed by atoms with E-state index in [1.165, 1.54) is 24.3 Å². The fourth-order valence-corrected chi connectivity index (χ4v) is 8.34. The molecule has 2 aromatic carbocycles. The second kappa shape index (κ2) is 11.9. The molecule has 0 unspecified atom stereocenters. The van der Waals surface area contributed by atoms with Crippen LogP contribution in [0.15, 0.2) is 58.5 Å². The molecule has 0 aliphatic heterocycles. The van der Waals surface area contributed by atoms with Crippen molar-refractivity contribution in [2.24, 2.45) is 9.98 Å². The lowest BCUT2D eigenvalue weighted by Crippen LogP contribution is -2.07. The minimum absolute atomic E-state index is 0.0655.